The number of halogens is 2. The van der Waals surface area contributed by atoms with Crippen LogP contribution in [0.1, 0.15) is 10.5 Å². The molecule has 0 saturated heterocycles. The smallest absolute Gasteiger partial charge is 0.280 e. The molecule has 0 saturated carbocycles. The Labute approximate surface area is 139 Å². The van der Waals surface area contributed by atoms with E-state index in [1.165, 1.54) is 28.9 Å². The second-order valence-corrected chi connectivity index (χ2v) is 5.59. The molecule has 0 atom stereocenters. The molecule has 0 radical (unpaired) electrons. The highest BCUT2D eigenvalue weighted by Gasteiger charge is 2.18. The van der Waals surface area contributed by atoms with Crippen molar-refractivity contribution >= 4 is 33.3 Å². The molecule has 8 heteroatoms. The number of amides is 1. The normalized spacial score (nSPS) is 10.5. The first-order valence-corrected chi connectivity index (χ1v) is 7.38. The van der Waals surface area contributed by atoms with Crippen LogP contribution in [0.3, 0.4) is 0 Å². The molecule has 116 valence electrons. The number of anilines is 2. The molecule has 0 aliphatic carbocycles. The van der Waals surface area contributed by atoms with Crippen molar-refractivity contribution in [2.75, 3.05) is 11.1 Å². The van der Waals surface area contributed by atoms with Gasteiger partial charge < -0.3 is 11.1 Å². The van der Waals surface area contributed by atoms with Gasteiger partial charge in [0.25, 0.3) is 5.91 Å². The van der Waals surface area contributed by atoms with Crippen LogP contribution in [-0.4, -0.2) is 20.9 Å². The monoisotopic (exact) mass is 375 g/mol. The van der Waals surface area contributed by atoms with Crippen molar-refractivity contribution in [3.8, 4) is 5.69 Å². The van der Waals surface area contributed by atoms with Crippen molar-refractivity contribution in [1.29, 1.82) is 0 Å². The van der Waals surface area contributed by atoms with Crippen LogP contribution in [0.4, 0.5) is 15.9 Å². The number of nitrogens with zero attached hydrogens (tertiary/aromatic N) is 3. The van der Waals surface area contributed by atoms with Gasteiger partial charge in [0.15, 0.2) is 11.5 Å². The molecule has 3 N–H and O–H groups in total. The maximum atomic E-state index is 13.0. The van der Waals surface area contributed by atoms with Gasteiger partial charge in [-0.2, -0.15) is 4.68 Å². The molecule has 0 aliphatic heterocycles. The summed E-state index contributed by atoms with van der Waals surface area (Å²) >= 11 is 3.32. The minimum absolute atomic E-state index is 0.00528. The van der Waals surface area contributed by atoms with Gasteiger partial charge in [-0.3, -0.25) is 4.79 Å². The molecule has 0 aliphatic rings. The minimum atomic E-state index is -0.478. The van der Waals surface area contributed by atoms with Gasteiger partial charge in [-0.15, -0.1) is 5.10 Å². The maximum Gasteiger partial charge on any atom is 0.280 e. The lowest BCUT2D eigenvalue weighted by atomic mass is 10.3. The van der Waals surface area contributed by atoms with Crippen molar-refractivity contribution in [3.05, 3.63) is 64.5 Å². The van der Waals surface area contributed by atoms with Crippen LogP contribution in [0.2, 0.25) is 0 Å². The number of rotatable bonds is 3. The van der Waals surface area contributed by atoms with E-state index in [4.69, 9.17) is 5.73 Å². The minimum Gasteiger partial charge on any atom is -0.382 e. The summed E-state index contributed by atoms with van der Waals surface area (Å²) in [5.74, 6) is -0.780. The van der Waals surface area contributed by atoms with Gasteiger partial charge in [0.05, 0.1) is 5.69 Å². The molecule has 1 aromatic heterocycles. The fourth-order valence-corrected chi connectivity index (χ4v) is 2.38. The molecule has 6 nitrogen and oxygen atoms in total. The number of nitrogens with one attached hydrogen (secondary N) is 1. The number of aromatic nitrogens is 3. The summed E-state index contributed by atoms with van der Waals surface area (Å²) in [6.07, 6.45) is 0. The van der Waals surface area contributed by atoms with E-state index >= 15 is 0 Å². The molecule has 23 heavy (non-hydrogen) atoms. The molecule has 3 aromatic rings. The highest BCUT2D eigenvalue weighted by Crippen LogP contribution is 2.19. The molecule has 0 fully saturated rings. The number of nitrogens with two attached hydrogens (primary N) is 1. The number of hydrogen-bond acceptors (Lipinski definition) is 4. The Bertz CT molecular complexity index is 863. The highest BCUT2D eigenvalue weighted by molar-refractivity contribution is 9.10. The first kappa shape index (κ1) is 15.2. The largest absolute Gasteiger partial charge is 0.382 e. The second kappa shape index (κ2) is 6.17. The summed E-state index contributed by atoms with van der Waals surface area (Å²) in [6, 6.07) is 12.7. The van der Waals surface area contributed by atoms with E-state index in [1.807, 2.05) is 6.07 Å². The van der Waals surface area contributed by atoms with Gasteiger partial charge in [0, 0.05) is 10.2 Å². The summed E-state index contributed by atoms with van der Waals surface area (Å²) < 4.78 is 15.1. The maximum absolute atomic E-state index is 13.0. The van der Waals surface area contributed by atoms with E-state index in [-0.39, 0.29) is 17.3 Å². The van der Waals surface area contributed by atoms with Gasteiger partial charge in [0.2, 0.25) is 0 Å². The van der Waals surface area contributed by atoms with E-state index in [2.05, 4.69) is 31.6 Å². The molecule has 0 unspecified atom stereocenters. The number of benzene rings is 2. The summed E-state index contributed by atoms with van der Waals surface area (Å²) in [6.45, 7) is 0. The van der Waals surface area contributed by atoms with E-state index in [1.54, 1.807) is 18.2 Å². The molecule has 0 bridgehead atoms. The summed E-state index contributed by atoms with van der Waals surface area (Å²) in [4.78, 5) is 12.3. The molecule has 1 heterocycles. The molecular formula is C15H11BrFN5O. The van der Waals surface area contributed by atoms with Crippen LogP contribution < -0.4 is 11.1 Å². The number of carbonyl (C=O) groups excluding carboxylic acids is 1. The molecule has 2 aromatic carbocycles. The van der Waals surface area contributed by atoms with Gasteiger partial charge in [0.1, 0.15) is 5.82 Å². The van der Waals surface area contributed by atoms with Crippen molar-refractivity contribution in [3.63, 3.8) is 0 Å². The molecule has 3 rings (SSSR count). The average molecular weight is 376 g/mol. The van der Waals surface area contributed by atoms with E-state index in [9.17, 15) is 9.18 Å². The van der Waals surface area contributed by atoms with Crippen molar-refractivity contribution < 1.29 is 9.18 Å². The number of nitrogen functional groups attached to an aromatic ring is 1. The van der Waals surface area contributed by atoms with Crippen LogP contribution in [0, 0.1) is 5.82 Å². The third-order valence-corrected chi connectivity index (χ3v) is 3.57. The topological polar surface area (TPSA) is 85.8 Å². The quantitative estimate of drug-likeness (QED) is 0.736. The predicted octanol–water partition coefficient (Wildman–Crippen LogP) is 3.00. The Kier molecular flexibility index (Phi) is 4.07. The zero-order valence-electron chi connectivity index (χ0n) is 11.7. The lowest BCUT2D eigenvalue weighted by Crippen LogP contribution is -2.15. The lowest BCUT2D eigenvalue weighted by molar-refractivity contribution is 0.102. The van der Waals surface area contributed by atoms with Crippen molar-refractivity contribution in [1.82, 2.24) is 15.0 Å². The molecule has 1 amide bonds. The van der Waals surface area contributed by atoms with Gasteiger partial charge in [-0.05, 0) is 42.5 Å². The van der Waals surface area contributed by atoms with E-state index in [0.29, 0.717) is 11.4 Å². The Morgan fingerprint density at radius 2 is 1.96 bits per heavy atom. The second-order valence-electron chi connectivity index (χ2n) is 4.68. The van der Waals surface area contributed by atoms with Crippen LogP contribution in [0.25, 0.3) is 5.69 Å². The van der Waals surface area contributed by atoms with Crippen LogP contribution in [0.5, 0.6) is 0 Å². The number of hydrogen-bond donors (Lipinski definition) is 2. The standard InChI is InChI=1S/C15H11BrFN5O/c16-9-2-1-3-11(8-9)19-15(23)13-14(18)22(21-20-13)12-6-4-10(17)5-7-12/h1-8H,18H2,(H,19,23). The molecule has 0 spiro atoms. The zero-order valence-corrected chi connectivity index (χ0v) is 13.3. The predicted molar refractivity (Wildman–Crippen MR) is 87.8 cm³/mol. The summed E-state index contributed by atoms with van der Waals surface area (Å²) in [5, 5.41) is 10.3. The lowest BCUT2D eigenvalue weighted by Gasteiger charge is -2.05. The zero-order chi connectivity index (χ0) is 16.4. The Morgan fingerprint density at radius 1 is 1.22 bits per heavy atom. The molecular weight excluding hydrogens is 365 g/mol. The van der Waals surface area contributed by atoms with E-state index in [0.717, 1.165) is 4.47 Å². The van der Waals surface area contributed by atoms with Crippen LogP contribution in [-0.2, 0) is 0 Å². The van der Waals surface area contributed by atoms with Gasteiger partial charge in [-0.1, -0.05) is 27.2 Å². The average Bonchev–Trinajstić information content (AvgIpc) is 2.90. The SMILES string of the molecule is Nc1c(C(=O)Nc2cccc(Br)c2)nnn1-c1ccc(F)cc1. The third-order valence-electron chi connectivity index (χ3n) is 3.07. The van der Waals surface area contributed by atoms with Crippen LogP contribution >= 0.6 is 15.9 Å². The summed E-state index contributed by atoms with van der Waals surface area (Å²) in [7, 11) is 0. The van der Waals surface area contributed by atoms with Gasteiger partial charge in [-0.25, -0.2) is 4.39 Å². The Hall–Kier alpha value is -2.74. The number of carbonyl (C=O) groups is 1. The first-order chi connectivity index (χ1) is 11.0. The fourth-order valence-electron chi connectivity index (χ4n) is 1.98. The third kappa shape index (κ3) is 3.21. The van der Waals surface area contributed by atoms with Gasteiger partial charge >= 0.3 is 0 Å². The highest BCUT2D eigenvalue weighted by atomic mass is 79.9. The van der Waals surface area contributed by atoms with Crippen LogP contribution in [0.15, 0.2) is 53.0 Å². The van der Waals surface area contributed by atoms with E-state index < -0.39 is 5.91 Å². The fraction of sp³-hybridized carbons (Fsp3) is 0. The summed E-state index contributed by atoms with van der Waals surface area (Å²) in [5.41, 5.74) is 7.04. The Morgan fingerprint density at radius 3 is 2.65 bits per heavy atom. The Balaban J connectivity index is 1.86. The van der Waals surface area contributed by atoms with Crippen molar-refractivity contribution in [2.24, 2.45) is 0 Å². The first-order valence-electron chi connectivity index (χ1n) is 6.58. The van der Waals surface area contributed by atoms with Crippen molar-refractivity contribution in [2.45, 2.75) is 0 Å².